The fourth-order valence-corrected chi connectivity index (χ4v) is 3.82. The summed E-state index contributed by atoms with van der Waals surface area (Å²) in [5, 5.41) is 18.2. The predicted molar refractivity (Wildman–Crippen MR) is 119 cm³/mol. The van der Waals surface area contributed by atoms with Gasteiger partial charge in [0.2, 0.25) is 0 Å². The van der Waals surface area contributed by atoms with E-state index in [1.165, 1.54) is 23.0 Å². The van der Waals surface area contributed by atoms with Gasteiger partial charge in [-0.25, -0.2) is 18.7 Å². The predicted octanol–water partition coefficient (Wildman–Crippen LogP) is 5.41. The van der Waals surface area contributed by atoms with Crippen LogP contribution >= 0.6 is 15.9 Å². The summed E-state index contributed by atoms with van der Waals surface area (Å²) in [7, 11) is 0. The van der Waals surface area contributed by atoms with E-state index in [0.717, 1.165) is 0 Å². The molecule has 0 radical (unpaired) electrons. The van der Waals surface area contributed by atoms with E-state index in [4.69, 9.17) is 5.73 Å². The number of amides is 2. The minimum Gasteiger partial charge on any atom is -0.382 e. The van der Waals surface area contributed by atoms with Gasteiger partial charge in [-0.1, -0.05) is 12.1 Å². The summed E-state index contributed by atoms with van der Waals surface area (Å²) in [5.41, 5.74) is 6.23. The number of anilines is 3. The topological polar surface area (TPSA) is 121 Å². The van der Waals surface area contributed by atoms with Crippen LogP contribution in [-0.2, 0) is 6.18 Å². The second-order valence-corrected chi connectivity index (χ2v) is 7.66. The average Bonchev–Trinajstić information content (AvgIpc) is 3.08. The minimum atomic E-state index is -4.69. The molecule has 0 spiro atoms. The molecular weight excluding hydrogens is 522 g/mol. The van der Waals surface area contributed by atoms with Crippen molar-refractivity contribution in [2.24, 2.45) is 0 Å². The summed E-state index contributed by atoms with van der Waals surface area (Å²) < 4.78 is 54.2. The van der Waals surface area contributed by atoms with Crippen molar-refractivity contribution >= 4 is 44.7 Å². The first kappa shape index (κ1) is 23.0. The monoisotopic (exact) mass is 533 g/mol. The van der Waals surface area contributed by atoms with Crippen LogP contribution in [0.15, 0.2) is 53.4 Å². The van der Waals surface area contributed by atoms with Gasteiger partial charge >= 0.3 is 12.2 Å². The Bertz CT molecular complexity index is 1460. The minimum absolute atomic E-state index is 0.150. The highest BCUT2D eigenvalue weighted by Gasteiger charge is 2.31. The van der Waals surface area contributed by atoms with E-state index in [2.05, 4.69) is 42.7 Å². The highest BCUT2D eigenvalue weighted by atomic mass is 79.9. The van der Waals surface area contributed by atoms with Gasteiger partial charge in [-0.3, -0.25) is 0 Å². The first-order valence-corrected chi connectivity index (χ1v) is 10.2. The molecule has 0 saturated carbocycles. The molecule has 2 aromatic carbocycles. The number of halogens is 5. The quantitative estimate of drug-likeness (QED) is 0.304. The highest BCUT2D eigenvalue weighted by Crippen LogP contribution is 2.37. The number of nitriles is 1. The van der Waals surface area contributed by atoms with Crippen molar-refractivity contribution in [3.8, 4) is 17.2 Å². The molecule has 0 atom stereocenters. The Morgan fingerprint density at radius 1 is 1.15 bits per heavy atom. The summed E-state index contributed by atoms with van der Waals surface area (Å²) >= 11 is 3.32. The largest absolute Gasteiger partial charge is 0.416 e. The van der Waals surface area contributed by atoms with E-state index in [1.807, 2.05) is 0 Å². The van der Waals surface area contributed by atoms with Gasteiger partial charge < -0.3 is 16.4 Å². The number of hydrogen-bond acceptors (Lipinski definition) is 5. The van der Waals surface area contributed by atoms with Gasteiger partial charge in [-0.05, 0) is 51.8 Å². The Balaban J connectivity index is 1.59. The van der Waals surface area contributed by atoms with Gasteiger partial charge in [-0.2, -0.15) is 23.5 Å². The number of nitrogens with zero attached hydrogens (tertiary/aromatic N) is 4. The smallest absolute Gasteiger partial charge is 0.382 e. The van der Waals surface area contributed by atoms with Crippen molar-refractivity contribution in [3.05, 3.63) is 70.3 Å². The number of nitrogens with two attached hydrogens (primary N) is 1. The lowest BCUT2D eigenvalue weighted by molar-refractivity contribution is -0.137. The van der Waals surface area contributed by atoms with Crippen LogP contribution in [0.5, 0.6) is 0 Å². The van der Waals surface area contributed by atoms with E-state index >= 15 is 0 Å². The molecule has 4 rings (SSSR count). The maximum atomic E-state index is 13.9. The summed E-state index contributed by atoms with van der Waals surface area (Å²) in [6.45, 7) is 0. The number of carbonyl (C=O) groups is 1. The first-order chi connectivity index (χ1) is 16.1. The van der Waals surface area contributed by atoms with Crippen molar-refractivity contribution in [3.63, 3.8) is 0 Å². The molecule has 8 nitrogen and oxygen atoms in total. The summed E-state index contributed by atoms with van der Waals surface area (Å²) in [4.78, 5) is 16.2. The summed E-state index contributed by atoms with van der Waals surface area (Å²) in [5.74, 6) is -0.870. The first-order valence-electron chi connectivity index (χ1n) is 9.36. The van der Waals surface area contributed by atoms with E-state index < -0.39 is 29.3 Å². The second-order valence-electron chi connectivity index (χ2n) is 6.91. The summed E-state index contributed by atoms with van der Waals surface area (Å²) in [6, 6.07) is 9.02. The van der Waals surface area contributed by atoms with Crippen LogP contribution in [0.25, 0.3) is 16.6 Å². The van der Waals surface area contributed by atoms with Gasteiger partial charge in [0.05, 0.1) is 16.8 Å². The Morgan fingerprint density at radius 2 is 1.85 bits per heavy atom. The van der Waals surface area contributed by atoms with E-state index in [0.29, 0.717) is 39.4 Å². The van der Waals surface area contributed by atoms with E-state index in [9.17, 15) is 27.6 Å². The summed E-state index contributed by atoms with van der Waals surface area (Å²) in [6.07, 6.45) is -3.44. The maximum absolute atomic E-state index is 13.9. The number of carbonyl (C=O) groups excluding carboxylic acids is 1. The number of benzene rings is 2. The number of urea groups is 1. The van der Waals surface area contributed by atoms with Gasteiger partial charge in [0.25, 0.3) is 0 Å². The van der Waals surface area contributed by atoms with Crippen LogP contribution in [0.4, 0.5) is 39.5 Å². The lowest BCUT2D eigenvalue weighted by Gasteiger charge is -2.12. The number of rotatable bonds is 3. The van der Waals surface area contributed by atoms with Gasteiger partial charge in [-0.15, -0.1) is 0 Å². The van der Waals surface area contributed by atoms with Crippen molar-refractivity contribution in [1.82, 2.24) is 14.6 Å². The zero-order chi connectivity index (χ0) is 24.6. The third-order valence-electron chi connectivity index (χ3n) is 4.78. The highest BCUT2D eigenvalue weighted by molar-refractivity contribution is 9.10. The normalized spacial score (nSPS) is 11.3. The van der Waals surface area contributed by atoms with E-state index in [-0.39, 0.29) is 17.1 Å². The fraction of sp³-hybridized carbons (Fsp3) is 0.0476. The number of aromatic nitrogens is 3. The Hall–Kier alpha value is -4.18. The number of alkyl halides is 3. The SMILES string of the molecule is N#Cc1c(-c2ccc(NC(=O)Nc3cc(C(F)(F)F)ccc3F)cc2)c2c(N)ncnn2c1Br. The molecule has 34 heavy (non-hydrogen) atoms. The van der Waals surface area contributed by atoms with Crippen molar-refractivity contribution < 1.29 is 22.4 Å². The Labute approximate surface area is 197 Å². The molecule has 0 fully saturated rings. The van der Waals surface area contributed by atoms with Crippen LogP contribution in [0.2, 0.25) is 0 Å². The van der Waals surface area contributed by atoms with Crippen LogP contribution < -0.4 is 16.4 Å². The van der Waals surface area contributed by atoms with E-state index in [1.54, 1.807) is 12.1 Å². The molecule has 13 heteroatoms. The van der Waals surface area contributed by atoms with Crippen LogP contribution in [0, 0.1) is 17.1 Å². The zero-order valence-corrected chi connectivity index (χ0v) is 18.4. The Kier molecular flexibility index (Phi) is 5.84. The standard InChI is InChI=1S/C21H12BrF4N7O/c22-18-13(8-27)16(17-19(28)29-9-30-33(17)18)10-1-4-12(5-2-10)31-20(34)32-15-7-11(21(24,25)26)3-6-14(15)23/h1-7,9H,(H2,28,29,30)(H2,31,32,34). The number of hydrogen-bond donors (Lipinski definition) is 3. The van der Waals surface area contributed by atoms with Gasteiger partial charge in [0.1, 0.15) is 28.3 Å². The van der Waals surface area contributed by atoms with Crippen molar-refractivity contribution in [2.45, 2.75) is 6.18 Å². The number of nitrogens with one attached hydrogen (secondary N) is 2. The molecule has 0 aliphatic carbocycles. The molecule has 0 saturated heterocycles. The molecule has 4 aromatic rings. The zero-order valence-electron chi connectivity index (χ0n) is 16.8. The number of nitrogen functional groups attached to an aromatic ring is 1. The molecular formula is C21H12BrF4N7O. The molecule has 0 unspecified atom stereocenters. The molecule has 0 bridgehead atoms. The molecule has 2 heterocycles. The molecule has 0 aliphatic rings. The van der Waals surface area contributed by atoms with Crippen molar-refractivity contribution in [1.29, 1.82) is 5.26 Å². The third kappa shape index (κ3) is 4.23. The van der Waals surface area contributed by atoms with Crippen LogP contribution in [0.3, 0.4) is 0 Å². The second kappa shape index (κ2) is 8.64. The fourth-order valence-electron chi connectivity index (χ4n) is 3.26. The molecule has 2 amide bonds. The molecule has 2 aromatic heterocycles. The lowest BCUT2D eigenvalue weighted by atomic mass is 10.0. The molecule has 172 valence electrons. The van der Waals surface area contributed by atoms with Crippen LogP contribution in [0.1, 0.15) is 11.1 Å². The average molecular weight is 534 g/mol. The lowest BCUT2D eigenvalue weighted by Crippen LogP contribution is -2.20. The van der Waals surface area contributed by atoms with Gasteiger partial charge in [0, 0.05) is 11.3 Å². The Morgan fingerprint density at radius 3 is 2.50 bits per heavy atom. The molecule has 4 N–H and O–H groups in total. The maximum Gasteiger partial charge on any atom is 0.416 e. The number of fused-ring (bicyclic) bond motifs is 1. The van der Waals surface area contributed by atoms with Gasteiger partial charge in [0.15, 0.2) is 5.82 Å². The van der Waals surface area contributed by atoms with Crippen molar-refractivity contribution in [2.75, 3.05) is 16.4 Å². The third-order valence-corrected chi connectivity index (χ3v) is 5.51. The molecule has 0 aliphatic heterocycles. The van der Waals surface area contributed by atoms with Crippen LogP contribution in [-0.4, -0.2) is 20.6 Å².